The quantitative estimate of drug-likeness (QED) is 0.698. The number of furan rings is 1. The molecule has 0 radical (unpaired) electrons. The topological polar surface area (TPSA) is 80.4 Å². The predicted octanol–water partition coefficient (Wildman–Crippen LogP) is 2.70. The van der Waals surface area contributed by atoms with Crippen LogP contribution in [0.25, 0.3) is 5.69 Å². The molecule has 1 aromatic carbocycles. The molecule has 0 aliphatic carbocycles. The lowest BCUT2D eigenvalue weighted by Crippen LogP contribution is -2.39. The number of hydrogen-bond donors (Lipinski definition) is 1. The van der Waals surface area contributed by atoms with Crippen LogP contribution in [0.15, 0.2) is 64.0 Å². The average Bonchev–Trinajstić information content (AvgIpc) is 3.44. The molecule has 150 valence electrons. The maximum atomic E-state index is 12.8. The maximum absolute atomic E-state index is 12.8. The molecule has 1 amide bonds. The summed E-state index contributed by atoms with van der Waals surface area (Å²) in [4.78, 5) is 27.5. The number of carbonyl (C=O) groups is 1. The molecular weight excluding hydrogens is 368 g/mol. The lowest BCUT2D eigenvalue weighted by atomic mass is 10.2. The molecule has 7 heteroatoms. The van der Waals surface area contributed by atoms with Crippen molar-refractivity contribution in [2.24, 2.45) is 0 Å². The predicted molar refractivity (Wildman–Crippen MR) is 109 cm³/mol. The molecule has 1 N–H and O–H groups in total. The Hall–Kier alpha value is -3.19. The van der Waals surface area contributed by atoms with Crippen molar-refractivity contribution in [1.29, 1.82) is 0 Å². The molecule has 1 aliphatic rings. The first-order valence-corrected chi connectivity index (χ1v) is 9.85. The van der Waals surface area contributed by atoms with E-state index < -0.39 is 5.91 Å². The summed E-state index contributed by atoms with van der Waals surface area (Å²) in [6, 6.07) is 14.6. The first-order valence-electron chi connectivity index (χ1n) is 9.85. The molecule has 1 atom stereocenters. The first kappa shape index (κ1) is 19.1. The molecular formula is C22H24N4O3. The van der Waals surface area contributed by atoms with Crippen LogP contribution in [0, 0.1) is 6.92 Å². The van der Waals surface area contributed by atoms with E-state index in [1.165, 1.54) is 6.07 Å². The van der Waals surface area contributed by atoms with E-state index in [2.05, 4.69) is 15.3 Å². The first-order chi connectivity index (χ1) is 14.1. The molecule has 4 rings (SSSR count). The number of rotatable bonds is 6. The molecule has 29 heavy (non-hydrogen) atoms. The minimum atomic E-state index is -0.476. The van der Waals surface area contributed by atoms with E-state index in [1.807, 2.05) is 42.5 Å². The molecule has 0 spiro atoms. The molecule has 2 aromatic heterocycles. The minimum absolute atomic E-state index is 0.0572. The van der Waals surface area contributed by atoms with Gasteiger partial charge >= 0.3 is 0 Å². The van der Waals surface area contributed by atoms with Crippen molar-refractivity contribution in [3.8, 4) is 5.69 Å². The second-order valence-corrected chi connectivity index (χ2v) is 7.23. The van der Waals surface area contributed by atoms with Crippen LogP contribution in [0.5, 0.6) is 0 Å². The Morgan fingerprint density at radius 2 is 1.93 bits per heavy atom. The number of aromatic nitrogens is 2. The largest absolute Gasteiger partial charge is 0.468 e. The van der Waals surface area contributed by atoms with Crippen molar-refractivity contribution < 1.29 is 9.21 Å². The summed E-state index contributed by atoms with van der Waals surface area (Å²) in [5.74, 6) is 0.334. The smallest absolute Gasteiger partial charge is 0.275 e. The molecule has 1 aliphatic heterocycles. The van der Waals surface area contributed by atoms with Gasteiger partial charge in [0.1, 0.15) is 5.76 Å². The van der Waals surface area contributed by atoms with E-state index in [4.69, 9.17) is 4.42 Å². The molecule has 0 unspecified atom stereocenters. The van der Waals surface area contributed by atoms with Crippen LogP contribution in [0.3, 0.4) is 0 Å². The van der Waals surface area contributed by atoms with Gasteiger partial charge in [-0.1, -0.05) is 18.2 Å². The second kappa shape index (κ2) is 8.45. The van der Waals surface area contributed by atoms with Crippen molar-refractivity contribution in [3.05, 3.63) is 82.2 Å². The number of nitrogens with zero attached hydrogens (tertiary/aromatic N) is 3. The van der Waals surface area contributed by atoms with E-state index in [9.17, 15) is 9.59 Å². The standard InChI is InChI=1S/C22H24N4O3/c1-16-14-19(27)21(24-26(16)17-8-3-2-4-9-17)22(28)23-15-18(20-10-7-13-29-20)25-11-5-6-12-25/h2-4,7-10,13-14,18H,5-6,11-12,15H2,1H3,(H,23,28)/t18-/m1/s1. The van der Waals surface area contributed by atoms with Crippen LogP contribution >= 0.6 is 0 Å². The lowest BCUT2D eigenvalue weighted by Gasteiger charge is -2.25. The van der Waals surface area contributed by atoms with Crippen LogP contribution in [0.2, 0.25) is 0 Å². The highest BCUT2D eigenvalue weighted by molar-refractivity contribution is 5.92. The van der Waals surface area contributed by atoms with Gasteiger partial charge in [0.05, 0.1) is 18.0 Å². The van der Waals surface area contributed by atoms with Gasteiger partial charge in [0.15, 0.2) is 5.69 Å². The number of carbonyl (C=O) groups excluding carboxylic acids is 1. The number of para-hydroxylation sites is 1. The van der Waals surface area contributed by atoms with Crippen LogP contribution in [-0.4, -0.2) is 40.2 Å². The molecule has 3 heterocycles. The van der Waals surface area contributed by atoms with Gasteiger partial charge in [-0.05, 0) is 57.1 Å². The van der Waals surface area contributed by atoms with Crippen LogP contribution in [-0.2, 0) is 0 Å². The summed E-state index contributed by atoms with van der Waals surface area (Å²) < 4.78 is 7.20. The summed E-state index contributed by atoms with van der Waals surface area (Å²) in [5.41, 5.74) is 0.967. The Morgan fingerprint density at radius 1 is 1.17 bits per heavy atom. The van der Waals surface area contributed by atoms with Gasteiger partial charge in [-0.2, -0.15) is 5.10 Å². The van der Waals surface area contributed by atoms with Crippen molar-refractivity contribution in [2.45, 2.75) is 25.8 Å². The third-order valence-corrected chi connectivity index (χ3v) is 5.23. The molecule has 3 aromatic rings. The zero-order valence-corrected chi connectivity index (χ0v) is 16.4. The van der Waals surface area contributed by atoms with E-state index in [-0.39, 0.29) is 17.2 Å². The van der Waals surface area contributed by atoms with Crippen LogP contribution < -0.4 is 10.7 Å². The zero-order chi connectivity index (χ0) is 20.2. The number of benzene rings is 1. The van der Waals surface area contributed by atoms with Crippen molar-refractivity contribution in [1.82, 2.24) is 20.0 Å². The Bertz CT molecular complexity index is 1020. The summed E-state index contributed by atoms with van der Waals surface area (Å²) in [7, 11) is 0. The van der Waals surface area contributed by atoms with Gasteiger partial charge < -0.3 is 9.73 Å². The van der Waals surface area contributed by atoms with Crippen molar-refractivity contribution in [3.63, 3.8) is 0 Å². The Labute approximate surface area is 169 Å². The van der Waals surface area contributed by atoms with Gasteiger partial charge in [-0.15, -0.1) is 0 Å². The fourth-order valence-electron chi connectivity index (χ4n) is 3.75. The maximum Gasteiger partial charge on any atom is 0.275 e. The number of nitrogens with one attached hydrogen (secondary N) is 1. The highest BCUT2D eigenvalue weighted by Crippen LogP contribution is 2.24. The van der Waals surface area contributed by atoms with Crippen LogP contribution in [0.4, 0.5) is 0 Å². The number of likely N-dealkylation sites (tertiary alicyclic amines) is 1. The molecule has 1 fully saturated rings. The van der Waals surface area contributed by atoms with E-state index in [0.717, 1.165) is 37.4 Å². The third kappa shape index (κ3) is 4.14. The Balaban J connectivity index is 1.55. The molecule has 7 nitrogen and oxygen atoms in total. The minimum Gasteiger partial charge on any atom is -0.468 e. The van der Waals surface area contributed by atoms with Gasteiger partial charge in [-0.25, -0.2) is 4.68 Å². The summed E-state index contributed by atoms with van der Waals surface area (Å²) in [5, 5.41) is 7.22. The fourth-order valence-corrected chi connectivity index (χ4v) is 3.75. The highest BCUT2D eigenvalue weighted by atomic mass is 16.3. The summed E-state index contributed by atoms with van der Waals surface area (Å²) in [6.45, 7) is 4.08. The van der Waals surface area contributed by atoms with E-state index in [0.29, 0.717) is 12.2 Å². The van der Waals surface area contributed by atoms with Gasteiger partial charge in [0.2, 0.25) is 5.43 Å². The second-order valence-electron chi connectivity index (χ2n) is 7.23. The van der Waals surface area contributed by atoms with E-state index in [1.54, 1.807) is 17.9 Å². The summed E-state index contributed by atoms with van der Waals surface area (Å²) >= 11 is 0. The van der Waals surface area contributed by atoms with Gasteiger partial charge in [0, 0.05) is 18.3 Å². The SMILES string of the molecule is Cc1cc(=O)c(C(=O)NC[C@H](c2ccco2)N2CCCC2)nn1-c1ccccc1. The normalized spacial score (nSPS) is 15.3. The highest BCUT2D eigenvalue weighted by Gasteiger charge is 2.26. The Morgan fingerprint density at radius 3 is 2.62 bits per heavy atom. The number of hydrogen-bond acceptors (Lipinski definition) is 5. The van der Waals surface area contributed by atoms with Crippen LogP contribution in [0.1, 0.15) is 40.8 Å². The van der Waals surface area contributed by atoms with E-state index >= 15 is 0 Å². The Kier molecular flexibility index (Phi) is 5.57. The lowest BCUT2D eigenvalue weighted by molar-refractivity contribution is 0.0926. The summed E-state index contributed by atoms with van der Waals surface area (Å²) in [6.07, 6.45) is 3.90. The fraction of sp³-hybridized carbons (Fsp3) is 0.318. The number of aryl methyl sites for hydroxylation is 1. The number of amides is 1. The van der Waals surface area contributed by atoms with Gasteiger partial charge in [-0.3, -0.25) is 14.5 Å². The molecule has 1 saturated heterocycles. The third-order valence-electron chi connectivity index (χ3n) is 5.23. The van der Waals surface area contributed by atoms with Crippen molar-refractivity contribution in [2.75, 3.05) is 19.6 Å². The molecule has 0 bridgehead atoms. The van der Waals surface area contributed by atoms with Crippen molar-refractivity contribution >= 4 is 5.91 Å². The zero-order valence-electron chi connectivity index (χ0n) is 16.4. The average molecular weight is 392 g/mol. The van der Waals surface area contributed by atoms with Gasteiger partial charge in [0.25, 0.3) is 5.91 Å². The molecule has 0 saturated carbocycles. The monoisotopic (exact) mass is 392 g/mol.